The lowest BCUT2D eigenvalue weighted by Crippen LogP contribution is -2.13. The van der Waals surface area contributed by atoms with Gasteiger partial charge in [0, 0.05) is 23.2 Å². The first-order chi connectivity index (χ1) is 12.2. The molecular formula is C23H24FN. The van der Waals surface area contributed by atoms with Crippen LogP contribution in [0.25, 0.3) is 11.3 Å². The third kappa shape index (κ3) is 5.03. The van der Waals surface area contributed by atoms with Crippen molar-refractivity contribution < 1.29 is 4.39 Å². The molecule has 0 spiro atoms. The second-order valence-electron chi connectivity index (χ2n) is 6.79. The Bertz CT molecular complexity index is 741. The number of halogens is 1. The summed E-state index contributed by atoms with van der Waals surface area (Å²) in [4.78, 5) is 4.45. The summed E-state index contributed by atoms with van der Waals surface area (Å²) in [5, 5.41) is 0. The quantitative estimate of drug-likeness (QED) is 0.493. The van der Waals surface area contributed by atoms with Gasteiger partial charge in [0.2, 0.25) is 0 Å². The van der Waals surface area contributed by atoms with Crippen molar-refractivity contribution in [3.05, 3.63) is 66.6 Å². The van der Waals surface area contributed by atoms with E-state index < -0.39 is 0 Å². The van der Waals surface area contributed by atoms with Gasteiger partial charge >= 0.3 is 0 Å². The molecule has 1 nitrogen and oxygen atoms in total. The van der Waals surface area contributed by atoms with Gasteiger partial charge in [-0.15, -0.1) is 6.58 Å². The lowest BCUT2D eigenvalue weighted by molar-refractivity contribution is 0.303. The first-order valence-corrected chi connectivity index (χ1v) is 9.09. The fraction of sp³-hybridized carbons (Fsp3) is 0.348. The highest BCUT2D eigenvalue weighted by Crippen LogP contribution is 2.31. The average molecular weight is 333 g/mol. The standard InChI is InChI=1S/C23H24FN/c1-2-3-4-18-5-7-19(8-6-18)9-10-20-11-16-23(25-17-20)21-12-14-22(24)15-13-21/h2,11-19H,1,3-8H2/t18-,19-. The van der Waals surface area contributed by atoms with Crippen LogP contribution in [0.5, 0.6) is 0 Å². The summed E-state index contributed by atoms with van der Waals surface area (Å²) in [6.07, 6.45) is 11.2. The predicted octanol–water partition coefficient (Wildman–Crippen LogP) is 6.01. The third-order valence-corrected chi connectivity index (χ3v) is 4.95. The highest BCUT2D eigenvalue weighted by Gasteiger charge is 2.18. The van der Waals surface area contributed by atoms with Crippen LogP contribution < -0.4 is 0 Å². The van der Waals surface area contributed by atoms with Crippen LogP contribution in [0.15, 0.2) is 55.3 Å². The van der Waals surface area contributed by atoms with Crippen LogP contribution in [-0.2, 0) is 0 Å². The summed E-state index contributed by atoms with van der Waals surface area (Å²) in [6, 6.07) is 10.3. The molecule has 1 fully saturated rings. The van der Waals surface area contributed by atoms with Crippen molar-refractivity contribution in [3.8, 4) is 23.1 Å². The average Bonchev–Trinajstić information content (AvgIpc) is 2.67. The van der Waals surface area contributed by atoms with E-state index >= 15 is 0 Å². The van der Waals surface area contributed by atoms with E-state index in [0.717, 1.165) is 29.2 Å². The lowest BCUT2D eigenvalue weighted by Gasteiger charge is -2.25. The van der Waals surface area contributed by atoms with E-state index in [2.05, 4.69) is 23.4 Å². The number of benzene rings is 1. The Labute approximate surface area is 150 Å². The number of rotatable bonds is 4. The van der Waals surface area contributed by atoms with Gasteiger partial charge in [0.05, 0.1) is 5.69 Å². The highest BCUT2D eigenvalue weighted by molar-refractivity contribution is 5.59. The van der Waals surface area contributed by atoms with Gasteiger partial charge in [-0.1, -0.05) is 17.9 Å². The van der Waals surface area contributed by atoms with Gasteiger partial charge < -0.3 is 0 Å². The molecule has 3 rings (SSSR count). The molecule has 0 bridgehead atoms. The molecule has 2 heteroatoms. The molecule has 25 heavy (non-hydrogen) atoms. The van der Waals surface area contributed by atoms with Crippen molar-refractivity contribution >= 4 is 0 Å². The van der Waals surface area contributed by atoms with Gasteiger partial charge in [-0.25, -0.2) is 4.39 Å². The maximum Gasteiger partial charge on any atom is 0.123 e. The summed E-state index contributed by atoms with van der Waals surface area (Å²) in [7, 11) is 0. The van der Waals surface area contributed by atoms with Crippen molar-refractivity contribution in [1.82, 2.24) is 4.98 Å². The molecule has 0 aliphatic heterocycles. The summed E-state index contributed by atoms with van der Waals surface area (Å²) >= 11 is 0. The number of aromatic nitrogens is 1. The molecule has 0 saturated heterocycles. The maximum absolute atomic E-state index is 13.0. The van der Waals surface area contributed by atoms with Crippen LogP contribution in [0, 0.1) is 29.5 Å². The molecule has 1 aliphatic rings. The lowest BCUT2D eigenvalue weighted by atomic mass is 9.80. The molecule has 1 heterocycles. The first-order valence-electron chi connectivity index (χ1n) is 9.09. The summed E-state index contributed by atoms with van der Waals surface area (Å²) in [6.45, 7) is 3.81. The largest absolute Gasteiger partial charge is 0.255 e. The number of hydrogen-bond acceptors (Lipinski definition) is 1. The number of hydrogen-bond donors (Lipinski definition) is 0. The van der Waals surface area contributed by atoms with E-state index in [0.29, 0.717) is 5.92 Å². The van der Waals surface area contributed by atoms with Gasteiger partial charge in [-0.3, -0.25) is 4.98 Å². The maximum atomic E-state index is 13.0. The van der Waals surface area contributed by atoms with Crippen LogP contribution in [0.1, 0.15) is 44.1 Å². The molecule has 0 N–H and O–H groups in total. The molecule has 1 aromatic carbocycles. The van der Waals surface area contributed by atoms with Crippen LogP contribution in [0.4, 0.5) is 4.39 Å². The Morgan fingerprint density at radius 2 is 1.84 bits per heavy atom. The Balaban J connectivity index is 1.57. The van der Waals surface area contributed by atoms with Crippen LogP contribution >= 0.6 is 0 Å². The minimum absolute atomic E-state index is 0.231. The van der Waals surface area contributed by atoms with Crippen LogP contribution in [0.3, 0.4) is 0 Å². The summed E-state index contributed by atoms with van der Waals surface area (Å²) in [5.41, 5.74) is 2.70. The van der Waals surface area contributed by atoms with Crippen LogP contribution in [0.2, 0.25) is 0 Å². The van der Waals surface area contributed by atoms with E-state index in [9.17, 15) is 4.39 Å². The minimum Gasteiger partial charge on any atom is -0.255 e. The topological polar surface area (TPSA) is 12.9 Å². The van der Waals surface area contributed by atoms with Crippen molar-refractivity contribution in [1.29, 1.82) is 0 Å². The van der Waals surface area contributed by atoms with E-state index in [1.54, 1.807) is 18.3 Å². The van der Waals surface area contributed by atoms with Gasteiger partial charge in [-0.2, -0.15) is 0 Å². The Morgan fingerprint density at radius 1 is 1.08 bits per heavy atom. The fourth-order valence-corrected chi connectivity index (χ4v) is 3.39. The van der Waals surface area contributed by atoms with Crippen molar-refractivity contribution in [3.63, 3.8) is 0 Å². The zero-order valence-corrected chi connectivity index (χ0v) is 14.5. The van der Waals surface area contributed by atoms with Crippen molar-refractivity contribution in [2.75, 3.05) is 0 Å². The van der Waals surface area contributed by atoms with E-state index in [4.69, 9.17) is 0 Å². The SMILES string of the molecule is C=CCC[C@H]1CC[C@H](C#Cc2ccc(-c3ccc(F)cc3)nc2)CC1. The molecule has 1 aliphatic carbocycles. The van der Waals surface area contributed by atoms with E-state index in [1.165, 1.54) is 44.2 Å². The van der Waals surface area contributed by atoms with E-state index in [1.807, 2.05) is 18.2 Å². The Hall–Kier alpha value is -2.40. The summed E-state index contributed by atoms with van der Waals surface area (Å²) < 4.78 is 13.0. The number of nitrogens with zero attached hydrogens (tertiary/aromatic N) is 1. The predicted molar refractivity (Wildman–Crippen MR) is 101 cm³/mol. The van der Waals surface area contributed by atoms with Crippen molar-refractivity contribution in [2.24, 2.45) is 11.8 Å². The monoisotopic (exact) mass is 333 g/mol. The molecule has 1 aromatic heterocycles. The molecule has 0 unspecified atom stereocenters. The molecule has 1 saturated carbocycles. The van der Waals surface area contributed by atoms with Gasteiger partial charge in [0.15, 0.2) is 0 Å². The molecule has 128 valence electrons. The fourth-order valence-electron chi connectivity index (χ4n) is 3.39. The smallest absolute Gasteiger partial charge is 0.123 e. The zero-order chi connectivity index (χ0) is 17.5. The van der Waals surface area contributed by atoms with Crippen LogP contribution in [-0.4, -0.2) is 4.98 Å². The first kappa shape index (κ1) is 17.4. The molecule has 2 aromatic rings. The van der Waals surface area contributed by atoms with Gasteiger partial charge in [0.1, 0.15) is 5.82 Å². The zero-order valence-electron chi connectivity index (χ0n) is 14.5. The second kappa shape index (κ2) is 8.62. The van der Waals surface area contributed by atoms with E-state index in [-0.39, 0.29) is 5.82 Å². The molecular weight excluding hydrogens is 309 g/mol. The second-order valence-corrected chi connectivity index (χ2v) is 6.79. The number of pyridine rings is 1. The Morgan fingerprint density at radius 3 is 2.48 bits per heavy atom. The summed E-state index contributed by atoms with van der Waals surface area (Å²) in [5.74, 6) is 7.83. The molecule has 0 radical (unpaired) electrons. The van der Waals surface area contributed by atoms with Gasteiger partial charge in [-0.05, 0) is 80.8 Å². The van der Waals surface area contributed by atoms with Crippen molar-refractivity contribution in [2.45, 2.75) is 38.5 Å². The Kier molecular flexibility index (Phi) is 6.01. The van der Waals surface area contributed by atoms with Gasteiger partial charge in [0.25, 0.3) is 0 Å². The third-order valence-electron chi connectivity index (χ3n) is 4.95. The highest BCUT2D eigenvalue weighted by atomic mass is 19.1. The minimum atomic E-state index is -0.231. The number of allylic oxidation sites excluding steroid dienone is 1. The molecule has 0 amide bonds. The molecule has 0 atom stereocenters. The normalized spacial score (nSPS) is 19.7.